The quantitative estimate of drug-likeness (QED) is 0.479. The van der Waals surface area contributed by atoms with Gasteiger partial charge in [-0.1, -0.05) is 0 Å². The van der Waals surface area contributed by atoms with Crippen molar-refractivity contribution < 1.29 is 28.6 Å². The van der Waals surface area contributed by atoms with Gasteiger partial charge in [-0.2, -0.15) is 0 Å². The van der Waals surface area contributed by atoms with Gasteiger partial charge in [0.25, 0.3) is 0 Å². The number of esters is 3. The number of hydrogen-bond donors (Lipinski definition) is 0. The van der Waals surface area contributed by atoms with Gasteiger partial charge < -0.3 is 14.2 Å². The minimum absolute atomic E-state index is 0.0104. The number of carbonyl (C=O) groups is 3. The predicted molar refractivity (Wildman–Crippen MR) is 48.8 cm³/mol. The van der Waals surface area contributed by atoms with E-state index < -0.39 is 24.0 Å². The van der Waals surface area contributed by atoms with Gasteiger partial charge in [0.05, 0.1) is 14.2 Å². The fourth-order valence-electron chi connectivity index (χ4n) is 0.908. The highest BCUT2D eigenvalue weighted by molar-refractivity contribution is 5.79. The lowest BCUT2D eigenvalue weighted by Gasteiger charge is -2.13. The molecule has 0 amide bonds. The molecule has 0 heterocycles. The monoisotopic (exact) mass is 218 g/mol. The standard InChI is InChI=1S/C9H14O6/c1-6(10)15-7(9(12)14-3)4-5-8(11)13-2/h7H,4-5H2,1-3H3. The molecule has 0 aliphatic rings. The Labute approximate surface area is 87.5 Å². The molecule has 1 atom stereocenters. The summed E-state index contributed by atoms with van der Waals surface area (Å²) in [5.74, 6) is -1.76. The number of rotatable bonds is 5. The average Bonchev–Trinajstić information content (AvgIpc) is 2.21. The zero-order valence-electron chi connectivity index (χ0n) is 8.94. The van der Waals surface area contributed by atoms with Gasteiger partial charge in [0.1, 0.15) is 0 Å². The Morgan fingerprint density at radius 2 is 1.73 bits per heavy atom. The number of carbonyl (C=O) groups excluding carboxylic acids is 3. The molecule has 6 nitrogen and oxygen atoms in total. The SMILES string of the molecule is COC(=O)CCC(OC(C)=O)C(=O)OC. The van der Waals surface area contributed by atoms with Gasteiger partial charge in [0.15, 0.2) is 6.10 Å². The fraction of sp³-hybridized carbons (Fsp3) is 0.667. The molecule has 15 heavy (non-hydrogen) atoms. The van der Waals surface area contributed by atoms with E-state index in [1.165, 1.54) is 21.1 Å². The van der Waals surface area contributed by atoms with E-state index >= 15 is 0 Å². The van der Waals surface area contributed by atoms with E-state index in [0.717, 1.165) is 0 Å². The van der Waals surface area contributed by atoms with Gasteiger partial charge in [-0.25, -0.2) is 4.79 Å². The molecule has 0 N–H and O–H groups in total. The van der Waals surface area contributed by atoms with Crippen molar-refractivity contribution in [3.63, 3.8) is 0 Å². The topological polar surface area (TPSA) is 78.9 Å². The molecule has 0 rings (SSSR count). The van der Waals surface area contributed by atoms with Crippen LogP contribution in [0.25, 0.3) is 0 Å². The molecule has 0 saturated carbocycles. The van der Waals surface area contributed by atoms with E-state index in [1.807, 2.05) is 0 Å². The summed E-state index contributed by atoms with van der Waals surface area (Å²) in [4.78, 5) is 32.5. The van der Waals surface area contributed by atoms with Crippen molar-refractivity contribution in [2.75, 3.05) is 14.2 Å². The molecule has 0 spiro atoms. The van der Waals surface area contributed by atoms with Crippen LogP contribution in [0, 0.1) is 0 Å². The summed E-state index contributed by atoms with van der Waals surface area (Å²) < 4.78 is 13.5. The molecule has 0 fully saturated rings. The van der Waals surface area contributed by atoms with Gasteiger partial charge in [-0.15, -0.1) is 0 Å². The second kappa shape index (κ2) is 6.80. The third kappa shape index (κ3) is 5.66. The molecule has 1 unspecified atom stereocenters. The molecule has 0 saturated heterocycles. The first-order valence-electron chi connectivity index (χ1n) is 4.33. The summed E-state index contributed by atoms with van der Waals surface area (Å²) in [5, 5.41) is 0. The molecule has 0 aromatic heterocycles. The summed E-state index contributed by atoms with van der Waals surface area (Å²) in [6, 6.07) is 0. The van der Waals surface area contributed by atoms with Crippen molar-refractivity contribution in [1.29, 1.82) is 0 Å². The van der Waals surface area contributed by atoms with Crippen LogP contribution in [0.15, 0.2) is 0 Å². The summed E-state index contributed by atoms with van der Waals surface area (Å²) in [6.07, 6.45) is -1.01. The smallest absolute Gasteiger partial charge is 0.347 e. The normalized spacial score (nSPS) is 11.4. The maximum absolute atomic E-state index is 11.1. The van der Waals surface area contributed by atoms with E-state index in [4.69, 9.17) is 0 Å². The van der Waals surface area contributed by atoms with Gasteiger partial charge >= 0.3 is 17.9 Å². The summed E-state index contributed by atoms with van der Waals surface area (Å²) in [7, 11) is 2.41. The Hall–Kier alpha value is -1.59. The van der Waals surface area contributed by atoms with Crippen LogP contribution in [-0.4, -0.2) is 38.2 Å². The molecule has 0 bridgehead atoms. The fourth-order valence-corrected chi connectivity index (χ4v) is 0.908. The third-order valence-electron chi connectivity index (χ3n) is 1.61. The van der Waals surface area contributed by atoms with E-state index in [9.17, 15) is 14.4 Å². The Morgan fingerprint density at radius 1 is 1.13 bits per heavy atom. The van der Waals surface area contributed by atoms with Crippen LogP contribution in [0.3, 0.4) is 0 Å². The number of methoxy groups -OCH3 is 2. The van der Waals surface area contributed by atoms with Crippen molar-refractivity contribution >= 4 is 17.9 Å². The summed E-state index contributed by atoms with van der Waals surface area (Å²) in [6.45, 7) is 1.17. The van der Waals surface area contributed by atoms with Crippen molar-refractivity contribution in [3.8, 4) is 0 Å². The lowest BCUT2D eigenvalue weighted by Crippen LogP contribution is -2.28. The van der Waals surface area contributed by atoms with Crippen molar-refractivity contribution in [3.05, 3.63) is 0 Å². The average molecular weight is 218 g/mol. The summed E-state index contributed by atoms with van der Waals surface area (Å²) >= 11 is 0. The second-order valence-electron chi connectivity index (χ2n) is 2.74. The third-order valence-corrected chi connectivity index (χ3v) is 1.61. The number of ether oxygens (including phenoxy) is 3. The highest BCUT2D eigenvalue weighted by Gasteiger charge is 2.23. The van der Waals surface area contributed by atoms with E-state index in [0.29, 0.717) is 0 Å². The van der Waals surface area contributed by atoms with Crippen molar-refractivity contribution in [2.45, 2.75) is 25.9 Å². The second-order valence-corrected chi connectivity index (χ2v) is 2.74. The minimum Gasteiger partial charge on any atom is -0.469 e. The molecule has 6 heteroatoms. The molecule has 0 aliphatic carbocycles. The Bertz CT molecular complexity index is 247. The zero-order valence-corrected chi connectivity index (χ0v) is 8.94. The van der Waals surface area contributed by atoms with Crippen LogP contribution in [-0.2, 0) is 28.6 Å². The Morgan fingerprint density at radius 3 is 2.13 bits per heavy atom. The van der Waals surface area contributed by atoms with Crippen LogP contribution < -0.4 is 0 Å². The van der Waals surface area contributed by atoms with Crippen LogP contribution in [0.5, 0.6) is 0 Å². The molecule has 0 radical (unpaired) electrons. The van der Waals surface area contributed by atoms with Crippen LogP contribution in [0.4, 0.5) is 0 Å². The zero-order chi connectivity index (χ0) is 11.8. The first-order chi connectivity index (χ1) is 7.01. The van der Waals surface area contributed by atoms with Crippen molar-refractivity contribution in [1.82, 2.24) is 0 Å². The summed E-state index contributed by atoms with van der Waals surface area (Å²) in [5.41, 5.74) is 0. The van der Waals surface area contributed by atoms with Gasteiger partial charge in [-0.3, -0.25) is 9.59 Å². The molecular weight excluding hydrogens is 204 g/mol. The highest BCUT2D eigenvalue weighted by Crippen LogP contribution is 2.06. The molecular formula is C9H14O6. The van der Waals surface area contributed by atoms with Crippen LogP contribution >= 0.6 is 0 Å². The first-order valence-corrected chi connectivity index (χ1v) is 4.33. The van der Waals surface area contributed by atoms with E-state index in [2.05, 4.69) is 14.2 Å². The predicted octanol–water partition coefficient (Wildman–Crippen LogP) is 0.0443. The Kier molecular flexibility index (Phi) is 6.08. The maximum Gasteiger partial charge on any atom is 0.347 e. The van der Waals surface area contributed by atoms with Gasteiger partial charge in [0.2, 0.25) is 0 Å². The molecule has 0 aromatic carbocycles. The van der Waals surface area contributed by atoms with Crippen LogP contribution in [0.2, 0.25) is 0 Å². The van der Waals surface area contributed by atoms with Gasteiger partial charge in [-0.05, 0) is 0 Å². The number of hydrogen-bond acceptors (Lipinski definition) is 6. The lowest BCUT2D eigenvalue weighted by molar-refractivity contribution is -0.165. The minimum atomic E-state index is -1.05. The largest absolute Gasteiger partial charge is 0.469 e. The lowest BCUT2D eigenvalue weighted by atomic mass is 10.2. The Balaban J connectivity index is 4.18. The van der Waals surface area contributed by atoms with E-state index in [-0.39, 0.29) is 12.8 Å². The van der Waals surface area contributed by atoms with E-state index in [1.54, 1.807) is 0 Å². The molecule has 0 aliphatic heterocycles. The molecule has 86 valence electrons. The highest BCUT2D eigenvalue weighted by atomic mass is 16.6. The van der Waals surface area contributed by atoms with Crippen molar-refractivity contribution in [2.24, 2.45) is 0 Å². The van der Waals surface area contributed by atoms with Gasteiger partial charge in [0, 0.05) is 19.8 Å². The maximum atomic E-state index is 11.1. The first kappa shape index (κ1) is 13.4. The molecule has 0 aromatic rings. The van der Waals surface area contributed by atoms with Crippen LogP contribution in [0.1, 0.15) is 19.8 Å².